The van der Waals surface area contributed by atoms with Gasteiger partial charge in [-0.05, 0) is 46.3 Å². The van der Waals surface area contributed by atoms with Gasteiger partial charge in [-0.1, -0.05) is 12.1 Å². The molecule has 1 N–H and O–H groups in total. The van der Waals surface area contributed by atoms with Gasteiger partial charge < -0.3 is 4.74 Å². The second-order valence-electron chi connectivity index (χ2n) is 3.88. The monoisotopic (exact) mass is 359 g/mol. The van der Waals surface area contributed by atoms with Crippen molar-refractivity contribution in [3.8, 4) is 5.75 Å². The maximum absolute atomic E-state index is 13.3. The van der Waals surface area contributed by atoms with E-state index >= 15 is 0 Å². The van der Waals surface area contributed by atoms with Crippen molar-refractivity contribution in [2.75, 3.05) is 11.8 Å². The minimum atomic E-state index is -3.95. The standard InChI is InChI=1S/C13H11BrFNO3S/c1-19-12-7-6-9(15)8-13(12)20(17,18)16-11-5-3-2-4-10(11)14/h2-8,16H,1H3. The van der Waals surface area contributed by atoms with Crippen molar-refractivity contribution in [1.29, 1.82) is 0 Å². The summed E-state index contributed by atoms with van der Waals surface area (Å²) in [6, 6.07) is 10.0. The first-order valence-corrected chi connectivity index (χ1v) is 7.82. The van der Waals surface area contributed by atoms with Gasteiger partial charge in [0.15, 0.2) is 0 Å². The maximum atomic E-state index is 13.3. The quantitative estimate of drug-likeness (QED) is 0.909. The van der Waals surface area contributed by atoms with Gasteiger partial charge in [0, 0.05) is 4.47 Å². The molecule has 2 rings (SSSR count). The predicted molar refractivity (Wildman–Crippen MR) is 77.9 cm³/mol. The highest BCUT2D eigenvalue weighted by Gasteiger charge is 2.21. The molecular formula is C13H11BrFNO3S. The molecule has 0 aliphatic rings. The third-order valence-electron chi connectivity index (χ3n) is 2.53. The van der Waals surface area contributed by atoms with E-state index in [4.69, 9.17) is 4.74 Å². The van der Waals surface area contributed by atoms with E-state index in [1.54, 1.807) is 24.3 Å². The van der Waals surface area contributed by atoms with Crippen molar-refractivity contribution < 1.29 is 17.5 Å². The Hall–Kier alpha value is -1.60. The molecule has 0 heterocycles. The second kappa shape index (κ2) is 5.80. The van der Waals surface area contributed by atoms with Crippen molar-refractivity contribution in [3.05, 3.63) is 52.8 Å². The van der Waals surface area contributed by atoms with E-state index in [1.807, 2.05) is 0 Å². The molecule has 0 aliphatic heterocycles. The van der Waals surface area contributed by atoms with Gasteiger partial charge in [0.2, 0.25) is 0 Å². The molecule has 2 aromatic carbocycles. The van der Waals surface area contributed by atoms with E-state index in [0.717, 1.165) is 12.1 Å². The van der Waals surface area contributed by atoms with Crippen LogP contribution in [0.1, 0.15) is 0 Å². The minimum Gasteiger partial charge on any atom is -0.495 e. The summed E-state index contributed by atoms with van der Waals surface area (Å²) in [5.41, 5.74) is 0.360. The van der Waals surface area contributed by atoms with Crippen molar-refractivity contribution in [1.82, 2.24) is 0 Å². The summed E-state index contributed by atoms with van der Waals surface area (Å²) in [5.74, 6) is -0.579. The van der Waals surface area contributed by atoms with Gasteiger partial charge in [0.1, 0.15) is 16.5 Å². The van der Waals surface area contributed by atoms with Gasteiger partial charge >= 0.3 is 0 Å². The molecule has 4 nitrogen and oxygen atoms in total. The van der Waals surface area contributed by atoms with Crippen LogP contribution in [0.15, 0.2) is 51.8 Å². The van der Waals surface area contributed by atoms with Crippen LogP contribution in [0, 0.1) is 5.82 Å². The maximum Gasteiger partial charge on any atom is 0.265 e. The van der Waals surface area contributed by atoms with E-state index in [9.17, 15) is 12.8 Å². The van der Waals surface area contributed by atoms with E-state index in [1.165, 1.54) is 13.2 Å². The summed E-state index contributed by atoms with van der Waals surface area (Å²) in [5, 5.41) is 0. The van der Waals surface area contributed by atoms with Crippen LogP contribution < -0.4 is 9.46 Å². The van der Waals surface area contributed by atoms with Gasteiger partial charge in [0.05, 0.1) is 12.8 Å². The van der Waals surface area contributed by atoms with E-state index < -0.39 is 15.8 Å². The van der Waals surface area contributed by atoms with E-state index in [-0.39, 0.29) is 10.6 Å². The predicted octanol–water partition coefficient (Wildman–Crippen LogP) is 3.40. The molecular weight excluding hydrogens is 349 g/mol. The average molecular weight is 360 g/mol. The molecule has 0 saturated heterocycles. The van der Waals surface area contributed by atoms with Crippen molar-refractivity contribution in [3.63, 3.8) is 0 Å². The number of benzene rings is 2. The van der Waals surface area contributed by atoms with Gasteiger partial charge in [0.25, 0.3) is 10.0 Å². The molecule has 106 valence electrons. The number of hydrogen-bond donors (Lipinski definition) is 1. The second-order valence-corrected chi connectivity index (χ2v) is 6.39. The van der Waals surface area contributed by atoms with Crippen LogP contribution in [-0.2, 0) is 10.0 Å². The van der Waals surface area contributed by atoms with Gasteiger partial charge in [-0.25, -0.2) is 12.8 Å². The summed E-state index contributed by atoms with van der Waals surface area (Å²) in [4.78, 5) is -0.254. The zero-order valence-electron chi connectivity index (χ0n) is 10.4. The minimum absolute atomic E-state index is 0.0750. The van der Waals surface area contributed by atoms with Crippen LogP contribution in [0.5, 0.6) is 5.75 Å². The van der Waals surface area contributed by atoms with E-state index in [0.29, 0.717) is 10.2 Å². The Labute approximate surface area is 124 Å². The lowest BCUT2D eigenvalue weighted by molar-refractivity contribution is 0.401. The fourth-order valence-electron chi connectivity index (χ4n) is 1.60. The van der Waals surface area contributed by atoms with E-state index in [2.05, 4.69) is 20.7 Å². The normalized spacial score (nSPS) is 11.2. The number of sulfonamides is 1. The highest BCUT2D eigenvalue weighted by Crippen LogP contribution is 2.29. The molecule has 0 radical (unpaired) electrons. The topological polar surface area (TPSA) is 55.4 Å². The first kappa shape index (κ1) is 14.8. The summed E-state index contributed by atoms with van der Waals surface area (Å²) < 4.78 is 45.8. The third-order valence-corrected chi connectivity index (χ3v) is 4.61. The number of halogens is 2. The summed E-state index contributed by atoms with van der Waals surface area (Å²) in [6.45, 7) is 0. The van der Waals surface area contributed by atoms with Crippen LogP contribution in [0.4, 0.5) is 10.1 Å². The molecule has 0 amide bonds. The Morgan fingerprint density at radius 1 is 1.20 bits per heavy atom. The van der Waals surface area contributed by atoms with Gasteiger partial charge in [-0.15, -0.1) is 0 Å². The lowest BCUT2D eigenvalue weighted by Crippen LogP contribution is -2.14. The number of rotatable bonds is 4. The molecule has 0 aliphatic carbocycles. The van der Waals surface area contributed by atoms with Crippen LogP contribution in [0.2, 0.25) is 0 Å². The first-order chi connectivity index (χ1) is 9.44. The van der Waals surface area contributed by atoms with Crippen LogP contribution in [-0.4, -0.2) is 15.5 Å². The molecule has 0 fully saturated rings. The highest BCUT2D eigenvalue weighted by atomic mass is 79.9. The van der Waals surface area contributed by atoms with Gasteiger partial charge in [-0.3, -0.25) is 4.72 Å². The molecule has 0 unspecified atom stereocenters. The molecule has 7 heteroatoms. The Morgan fingerprint density at radius 3 is 2.55 bits per heavy atom. The molecule has 0 atom stereocenters. The fraction of sp³-hybridized carbons (Fsp3) is 0.0769. The van der Waals surface area contributed by atoms with Crippen molar-refractivity contribution in [2.45, 2.75) is 4.90 Å². The smallest absolute Gasteiger partial charge is 0.265 e. The number of anilines is 1. The number of methoxy groups -OCH3 is 1. The summed E-state index contributed by atoms with van der Waals surface area (Å²) in [7, 11) is -2.62. The lowest BCUT2D eigenvalue weighted by Gasteiger charge is -2.12. The molecule has 0 spiro atoms. The number of para-hydroxylation sites is 1. The Morgan fingerprint density at radius 2 is 1.90 bits per heavy atom. The third kappa shape index (κ3) is 3.10. The number of hydrogen-bond acceptors (Lipinski definition) is 3. The van der Waals surface area contributed by atoms with Crippen molar-refractivity contribution in [2.24, 2.45) is 0 Å². The van der Waals surface area contributed by atoms with Crippen molar-refractivity contribution >= 4 is 31.6 Å². The SMILES string of the molecule is COc1ccc(F)cc1S(=O)(=O)Nc1ccccc1Br. The van der Waals surface area contributed by atoms with Crippen LogP contribution in [0.25, 0.3) is 0 Å². The molecule has 0 saturated carbocycles. The Balaban J connectivity index is 2.46. The van der Waals surface area contributed by atoms with Gasteiger partial charge in [-0.2, -0.15) is 0 Å². The fourth-order valence-corrected chi connectivity index (χ4v) is 3.38. The Kier molecular flexibility index (Phi) is 4.29. The lowest BCUT2D eigenvalue weighted by atomic mass is 10.3. The average Bonchev–Trinajstić information content (AvgIpc) is 2.41. The summed E-state index contributed by atoms with van der Waals surface area (Å²) in [6.07, 6.45) is 0. The number of ether oxygens (including phenoxy) is 1. The largest absolute Gasteiger partial charge is 0.495 e. The molecule has 20 heavy (non-hydrogen) atoms. The summed E-state index contributed by atoms with van der Waals surface area (Å²) >= 11 is 3.24. The Bertz CT molecular complexity index is 734. The first-order valence-electron chi connectivity index (χ1n) is 5.55. The number of nitrogens with one attached hydrogen (secondary N) is 1. The van der Waals surface area contributed by atoms with Crippen LogP contribution >= 0.6 is 15.9 Å². The van der Waals surface area contributed by atoms with Crippen LogP contribution in [0.3, 0.4) is 0 Å². The molecule has 0 bridgehead atoms. The molecule has 2 aromatic rings. The highest BCUT2D eigenvalue weighted by molar-refractivity contribution is 9.10. The zero-order chi connectivity index (χ0) is 14.8. The molecule has 0 aromatic heterocycles. The zero-order valence-corrected chi connectivity index (χ0v) is 12.8.